The zero-order chi connectivity index (χ0) is 13.7. The van der Waals surface area contributed by atoms with E-state index in [4.69, 9.17) is 4.74 Å². The first kappa shape index (κ1) is 14.4. The molecule has 1 fully saturated rings. The zero-order valence-corrected chi connectivity index (χ0v) is 12.4. The molecule has 0 bridgehead atoms. The molecule has 0 spiro atoms. The molecule has 3 nitrogen and oxygen atoms in total. The summed E-state index contributed by atoms with van der Waals surface area (Å²) in [5, 5.41) is 3.76. The standard InChI is InChI=1S/C16H26N2O/c1-13(15-8-4-5-9-16(15)19-3)17-14-7-6-11-18(2)12-10-14/h4-5,8-9,13-14,17H,6-7,10-12H2,1-3H3/t13-,14?/m1/s1. The summed E-state index contributed by atoms with van der Waals surface area (Å²) in [6, 6.07) is 9.25. The van der Waals surface area contributed by atoms with E-state index in [1.807, 2.05) is 12.1 Å². The van der Waals surface area contributed by atoms with Crippen LogP contribution in [0.25, 0.3) is 0 Å². The topological polar surface area (TPSA) is 24.5 Å². The summed E-state index contributed by atoms with van der Waals surface area (Å²) in [6.45, 7) is 4.64. The first-order chi connectivity index (χ1) is 9.20. The molecule has 1 aromatic carbocycles. The van der Waals surface area contributed by atoms with Gasteiger partial charge in [0, 0.05) is 17.6 Å². The maximum Gasteiger partial charge on any atom is 0.123 e. The molecule has 1 unspecified atom stereocenters. The Morgan fingerprint density at radius 2 is 2.05 bits per heavy atom. The van der Waals surface area contributed by atoms with E-state index in [2.05, 4.69) is 36.3 Å². The van der Waals surface area contributed by atoms with Gasteiger partial charge in [-0.2, -0.15) is 0 Å². The molecule has 19 heavy (non-hydrogen) atoms. The van der Waals surface area contributed by atoms with Crippen LogP contribution in [0.15, 0.2) is 24.3 Å². The molecule has 0 saturated carbocycles. The van der Waals surface area contributed by atoms with Crippen LogP contribution in [-0.4, -0.2) is 38.2 Å². The lowest BCUT2D eigenvalue weighted by Crippen LogP contribution is -2.32. The van der Waals surface area contributed by atoms with Gasteiger partial charge >= 0.3 is 0 Å². The maximum absolute atomic E-state index is 5.45. The molecule has 1 heterocycles. The van der Waals surface area contributed by atoms with E-state index in [9.17, 15) is 0 Å². The van der Waals surface area contributed by atoms with Crippen molar-refractivity contribution < 1.29 is 4.74 Å². The van der Waals surface area contributed by atoms with Crippen LogP contribution in [0.3, 0.4) is 0 Å². The molecule has 0 amide bonds. The number of para-hydroxylation sites is 1. The van der Waals surface area contributed by atoms with Gasteiger partial charge in [0.15, 0.2) is 0 Å². The monoisotopic (exact) mass is 262 g/mol. The largest absolute Gasteiger partial charge is 0.496 e. The third kappa shape index (κ3) is 3.95. The first-order valence-electron chi connectivity index (χ1n) is 7.28. The molecule has 1 saturated heterocycles. The van der Waals surface area contributed by atoms with Gasteiger partial charge in [0.05, 0.1) is 7.11 Å². The summed E-state index contributed by atoms with van der Waals surface area (Å²) < 4.78 is 5.45. The van der Waals surface area contributed by atoms with E-state index in [0.29, 0.717) is 12.1 Å². The Morgan fingerprint density at radius 3 is 2.84 bits per heavy atom. The van der Waals surface area contributed by atoms with Gasteiger partial charge in [-0.3, -0.25) is 0 Å². The third-order valence-electron chi connectivity index (χ3n) is 4.04. The highest BCUT2D eigenvalue weighted by molar-refractivity contribution is 5.35. The van der Waals surface area contributed by atoms with E-state index in [-0.39, 0.29) is 0 Å². The average Bonchev–Trinajstić information content (AvgIpc) is 2.63. The van der Waals surface area contributed by atoms with Crippen molar-refractivity contribution in [3.63, 3.8) is 0 Å². The second-order valence-electron chi connectivity index (χ2n) is 5.56. The van der Waals surface area contributed by atoms with Crippen molar-refractivity contribution in [2.45, 2.75) is 38.3 Å². The van der Waals surface area contributed by atoms with E-state index in [1.165, 1.54) is 37.9 Å². The Balaban J connectivity index is 1.98. The predicted octanol–water partition coefficient (Wildman–Crippen LogP) is 2.83. The number of hydrogen-bond acceptors (Lipinski definition) is 3. The molecule has 1 aromatic rings. The molecule has 106 valence electrons. The zero-order valence-electron chi connectivity index (χ0n) is 12.4. The number of ether oxygens (including phenoxy) is 1. The van der Waals surface area contributed by atoms with Gasteiger partial charge in [0.1, 0.15) is 5.75 Å². The van der Waals surface area contributed by atoms with Crippen LogP contribution in [0.4, 0.5) is 0 Å². The lowest BCUT2D eigenvalue weighted by molar-refractivity contribution is 0.339. The van der Waals surface area contributed by atoms with Crippen LogP contribution < -0.4 is 10.1 Å². The minimum Gasteiger partial charge on any atom is -0.496 e. The van der Waals surface area contributed by atoms with Crippen LogP contribution in [0.1, 0.15) is 37.8 Å². The first-order valence-corrected chi connectivity index (χ1v) is 7.28. The molecule has 1 N–H and O–H groups in total. The number of methoxy groups -OCH3 is 1. The highest BCUT2D eigenvalue weighted by atomic mass is 16.5. The quantitative estimate of drug-likeness (QED) is 0.903. The van der Waals surface area contributed by atoms with Crippen LogP contribution in [0.5, 0.6) is 5.75 Å². The Bertz CT molecular complexity index is 394. The van der Waals surface area contributed by atoms with Crippen molar-refractivity contribution in [1.29, 1.82) is 0 Å². The van der Waals surface area contributed by atoms with Gasteiger partial charge in [0.2, 0.25) is 0 Å². The molecule has 1 aliphatic rings. The lowest BCUT2D eigenvalue weighted by atomic mass is 10.0. The fraction of sp³-hybridized carbons (Fsp3) is 0.625. The lowest BCUT2D eigenvalue weighted by Gasteiger charge is -2.23. The van der Waals surface area contributed by atoms with Gasteiger partial charge in [-0.15, -0.1) is 0 Å². The Hall–Kier alpha value is -1.06. The van der Waals surface area contributed by atoms with E-state index >= 15 is 0 Å². The SMILES string of the molecule is COc1ccccc1[C@@H](C)NC1CCCN(C)CC1. The summed E-state index contributed by atoms with van der Waals surface area (Å²) in [6.07, 6.45) is 3.78. The van der Waals surface area contributed by atoms with Crippen LogP contribution in [-0.2, 0) is 0 Å². The molecule has 3 heteroatoms. The maximum atomic E-state index is 5.45. The van der Waals surface area contributed by atoms with Gasteiger partial charge in [-0.1, -0.05) is 18.2 Å². The summed E-state index contributed by atoms with van der Waals surface area (Å²) in [5.74, 6) is 0.980. The summed E-state index contributed by atoms with van der Waals surface area (Å²) >= 11 is 0. The van der Waals surface area contributed by atoms with Crippen molar-refractivity contribution >= 4 is 0 Å². The molecule has 0 aliphatic carbocycles. The number of nitrogens with zero attached hydrogens (tertiary/aromatic N) is 1. The van der Waals surface area contributed by atoms with Gasteiger partial charge < -0.3 is 15.0 Å². The molecule has 2 atom stereocenters. The second kappa shape index (κ2) is 6.92. The average molecular weight is 262 g/mol. The van der Waals surface area contributed by atoms with Crippen molar-refractivity contribution in [3.05, 3.63) is 29.8 Å². The highest BCUT2D eigenvalue weighted by Crippen LogP contribution is 2.25. The number of likely N-dealkylation sites (tertiary alicyclic amines) is 1. The number of hydrogen-bond donors (Lipinski definition) is 1. The fourth-order valence-corrected chi connectivity index (χ4v) is 2.87. The van der Waals surface area contributed by atoms with Crippen molar-refractivity contribution in [2.24, 2.45) is 0 Å². The molecular formula is C16H26N2O. The molecular weight excluding hydrogens is 236 g/mol. The van der Waals surface area contributed by atoms with Crippen molar-refractivity contribution in [1.82, 2.24) is 10.2 Å². The van der Waals surface area contributed by atoms with Crippen LogP contribution in [0, 0.1) is 0 Å². The molecule has 0 aromatic heterocycles. The summed E-state index contributed by atoms with van der Waals surface area (Å²) in [7, 11) is 3.96. The minimum atomic E-state index is 0.338. The Kier molecular flexibility index (Phi) is 5.23. The number of nitrogens with one attached hydrogen (secondary N) is 1. The number of benzene rings is 1. The van der Waals surface area contributed by atoms with E-state index in [1.54, 1.807) is 7.11 Å². The minimum absolute atomic E-state index is 0.338. The van der Waals surface area contributed by atoms with Crippen LogP contribution in [0.2, 0.25) is 0 Å². The van der Waals surface area contributed by atoms with Crippen molar-refractivity contribution in [2.75, 3.05) is 27.2 Å². The van der Waals surface area contributed by atoms with Gasteiger partial charge in [-0.05, 0) is 52.4 Å². The molecule has 1 aliphatic heterocycles. The highest BCUT2D eigenvalue weighted by Gasteiger charge is 2.18. The Morgan fingerprint density at radius 1 is 1.26 bits per heavy atom. The van der Waals surface area contributed by atoms with Crippen LogP contribution >= 0.6 is 0 Å². The van der Waals surface area contributed by atoms with Gasteiger partial charge in [0.25, 0.3) is 0 Å². The Labute approximate surface area is 116 Å². The van der Waals surface area contributed by atoms with E-state index < -0.39 is 0 Å². The van der Waals surface area contributed by atoms with Gasteiger partial charge in [-0.25, -0.2) is 0 Å². The third-order valence-corrected chi connectivity index (χ3v) is 4.04. The predicted molar refractivity (Wildman–Crippen MR) is 79.7 cm³/mol. The van der Waals surface area contributed by atoms with E-state index in [0.717, 1.165) is 5.75 Å². The van der Waals surface area contributed by atoms with Crippen molar-refractivity contribution in [3.8, 4) is 5.75 Å². The normalized spacial score (nSPS) is 22.8. The molecule has 0 radical (unpaired) electrons. The fourth-order valence-electron chi connectivity index (χ4n) is 2.87. The smallest absolute Gasteiger partial charge is 0.123 e. The molecule has 2 rings (SSSR count). The number of rotatable bonds is 4. The second-order valence-corrected chi connectivity index (χ2v) is 5.56. The summed E-state index contributed by atoms with van der Waals surface area (Å²) in [5.41, 5.74) is 1.25. The summed E-state index contributed by atoms with van der Waals surface area (Å²) in [4.78, 5) is 2.43.